The van der Waals surface area contributed by atoms with E-state index in [2.05, 4.69) is 21.2 Å². The summed E-state index contributed by atoms with van der Waals surface area (Å²) in [4.78, 5) is 12.7. The number of aliphatic hydroxyl groups excluding tert-OH is 1. The molecule has 0 aliphatic carbocycles. The van der Waals surface area contributed by atoms with Gasteiger partial charge in [0.25, 0.3) is 0 Å². The van der Waals surface area contributed by atoms with Crippen molar-refractivity contribution in [3.05, 3.63) is 26.9 Å². The minimum Gasteiger partial charge on any atom is -0.393 e. The predicted octanol–water partition coefficient (Wildman–Crippen LogP) is 3.44. The number of nitrogens with one attached hydrogen (secondary N) is 1. The summed E-state index contributed by atoms with van der Waals surface area (Å²) in [5, 5.41) is 14.2. The summed E-state index contributed by atoms with van der Waals surface area (Å²) < 4.78 is 1.02. The van der Waals surface area contributed by atoms with Crippen LogP contribution in [-0.4, -0.2) is 23.7 Å². The quantitative estimate of drug-likeness (QED) is 0.776. The zero-order valence-electron chi connectivity index (χ0n) is 11.4. The lowest BCUT2D eigenvalue weighted by Gasteiger charge is -2.26. The topological polar surface area (TPSA) is 49.3 Å². The predicted molar refractivity (Wildman–Crippen MR) is 84.1 cm³/mol. The van der Waals surface area contributed by atoms with Crippen LogP contribution in [0.4, 0.5) is 0 Å². The molecule has 0 spiro atoms. The molecule has 0 aliphatic rings. The highest BCUT2D eigenvalue weighted by Gasteiger charge is 2.20. The molecule has 1 atom stereocenters. The highest BCUT2D eigenvalue weighted by Crippen LogP contribution is 2.22. The van der Waals surface area contributed by atoms with E-state index in [0.29, 0.717) is 13.0 Å². The Hall–Kier alpha value is -0.650. The number of carbonyl (C=O) groups is 1. The zero-order valence-corrected chi connectivity index (χ0v) is 13.8. The zero-order chi connectivity index (χ0) is 14.5. The minimum atomic E-state index is -0.356. The van der Waals surface area contributed by atoms with Crippen molar-refractivity contribution in [1.82, 2.24) is 5.32 Å². The van der Waals surface area contributed by atoms with Crippen LogP contribution in [0.1, 0.15) is 32.1 Å². The molecule has 0 aromatic carbocycles. The van der Waals surface area contributed by atoms with Crippen molar-refractivity contribution in [2.45, 2.75) is 33.3 Å². The van der Waals surface area contributed by atoms with E-state index in [1.165, 1.54) is 6.08 Å². The summed E-state index contributed by atoms with van der Waals surface area (Å²) in [5.74, 6) is -0.108. The average molecular weight is 346 g/mol. The van der Waals surface area contributed by atoms with E-state index in [9.17, 15) is 9.90 Å². The van der Waals surface area contributed by atoms with Crippen molar-refractivity contribution in [1.29, 1.82) is 0 Å². The van der Waals surface area contributed by atoms with Crippen LogP contribution < -0.4 is 5.32 Å². The van der Waals surface area contributed by atoms with Crippen LogP contribution in [0.25, 0.3) is 6.08 Å². The maximum atomic E-state index is 11.7. The molecule has 1 aromatic rings. The Balaban J connectivity index is 2.41. The van der Waals surface area contributed by atoms with Crippen LogP contribution in [0, 0.1) is 5.41 Å². The fourth-order valence-electron chi connectivity index (χ4n) is 1.83. The van der Waals surface area contributed by atoms with E-state index in [1.807, 2.05) is 25.3 Å². The Morgan fingerprint density at radius 2 is 2.32 bits per heavy atom. The lowest BCUT2D eigenvalue weighted by atomic mass is 9.87. The first-order valence-electron chi connectivity index (χ1n) is 6.16. The van der Waals surface area contributed by atoms with Crippen molar-refractivity contribution in [3.8, 4) is 0 Å². The van der Waals surface area contributed by atoms with E-state index in [4.69, 9.17) is 0 Å². The number of rotatable bonds is 6. The summed E-state index contributed by atoms with van der Waals surface area (Å²) >= 11 is 4.95. The van der Waals surface area contributed by atoms with E-state index in [-0.39, 0.29) is 17.4 Å². The van der Waals surface area contributed by atoms with E-state index >= 15 is 0 Å². The fraction of sp³-hybridized carbons (Fsp3) is 0.500. The molecule has 0 radical (unpaired) electrons. The fourth-order valence-corrected chi connectivity index (χ4v) is 3.17. The monoisotopic (exact) mass is 345 g/mol. The number of carbonyl (C=O) groups excluding carboxylic acids is 1. The van der Waals surface area contributed by atoms with Crippen LogP contribution >= 0.6 is 27.3 Å². The van der Waals surface area contributed by atoms with Crippen molar-refractivity contribution in [2.75, 3.05) is 6.54 Å². The molecule has 1 unspecified atom stereocenters. The molecule has 1 rings (SSSR count). The summed E-state index contributed by atoms with van der Waals surface area (Å²) in [6, 6.07) is 1.96. The Kier molecular flexibility index (Phi) is 6.23. The highest BCUT2D eigenvalue weighted by molar-refractivity contribution is 9.10. The Morgan fingerprint density at radius 1 is 1.63 bits per heavy atom. The molecular formula is C14H20BrNO2S. The van der Waals surface area contributed by atoms with Crippen LogP contribution in [0.3, 0.4) is 0 Å². The third kappa shape index (κ3) is 6.89. The van der Waals surface area contributed by atoms with Gasteiger partial charge in [-0.3, -0.25) is 4.79 Å². The van der Waals surface area contributed by atoms with Gasteiger partial charge in [-0.1, -0.05) is 13.8 Å². The molecule has 3 nitrogen and oxygen atoms in total. The molecule has 106 valence electrons. The number of thiophene rings is 1. The van der Waals surface area contributed by atoms with Gasteiger partial charge < -0.3 is 10.4 Å². The van der Waals surface area contributed by atoms with Gasteiger partial charge in [-0.2, -0.15) is 0 Å². The molecule has 0 aliphatic heterocycles. The Labute approximate surface area is 126 Å². The molecular weight excluding hydrogens is 326 g/mol. The van der Waals surface area contributed by atoms with Crippen LogP contribution in [0.2, 0.25) is 0 Å². The second-order valence-corrected chi connectivity index (χ2v) is 7.29. The molecule has 1 amide bonds. The number of aliphatic hydroxyl groups is 1. The molecule has 1 heterocycles. The van der Waals surface area contributed by atoms with Crippen LogP contribution in [-0.2, 0) is 4.79 Å². The maximum Gasteiger partial charge on any atom is 0.244 e. The standard InChI is InChI=1S/C14H20BrNO2S/c1-10(17)7-14(2,3)9-16-13(18)5-4-12-6-11(15)8-19-12/h4-6,8,10,17H,7,9H2,1-3H3,(H,16,18). The second-order valence-electron chi connectivity index (χ2n) is 5.44. The van der Waals surface area contributed by atoms with Gasteiger partial charge in [-0.15, -0.1) is 11.3 Å². The van der Waals surface area contributed by atoms with E-state index in [0.717, 1.165) is 9.35 Å². The van der Waals surface area contributed by atoms with Gasteiger partial charge in [0.1, 0.15) is 0 Å². The van der Waals surface area contributed by atoms with Crippen molar-refractivity contribution in [2.24, 2.45) is 5.41 Å². The minimum absolute atomic E-state index is 0.108. The lowest BCUT2D eigenvalue weighted by Crippen LogP contribution is -2.34. The average Bonchev–Trinajstić information content (AvgIpc) is 2.68. The maximum absolute atomic E-state index is 11.7. The Bertz CT molecular complexity index is 452. The van der Waals surface area contributed by atoms with E-state index < -0.39 is 0 Å². The summed E-state index contributed by atoms with van der Waals surface area (Å²) in [5.41, 5.74) is -0.108. The Morgan fingerprint density at radius 3 is 2.84 bits per heavy atom. The second kappa shape index (κ2) is 7.22. The third-order valence-electron chi connectivity index (χ3n) is 2.58. The number of hydrogen-bond donors (Lipinski definition) is 2. The van der Waals surface area contributed by atoms with Gasteiger partial charge in [-0.05, 0) is 46.8 Å². The van der Waals surface area contributed by atoms with Gasteiger partial charge in [0, 0.05) is 27.4 Å². The van der Waals surface area contributed by atoms with Gasteiger partial charge >= 0.3 is 0 Å². The van der Waals surface area contributed by atoms with Crippen LogP contribution in [0.5, 0.6) is 0 Å². The van der Waals surface area contributed by atoms with Gasteiger partial charge in [0.05, 0.1) is 6.10 Å². The van der Waals surface area contributed by atoms with Crippen LogP contribution in [0.15, 0.2) is 22.0 Å². The first-order valence-corrected chi connectivity index (χ1v) is 7.84. The van der Waals surface area contributed by atoms with Crippen molar-refractivity contribution >= 4 is 39.2 Å². The summed E-state index contributed by atoms with van der Waals surface area (Å²) in [6.07, 6.45) is 3.64. The van der Waals surface area contributed by atoms with Crippen molar-refractivity contribution in [3.63, 3.8) is 0 Å². The van der Waals surface area contributed by atoms with Crippen molar-refractivity contribution < 1.29 is 9.90 Å². The molecule has 19 heavy (non-hydrogen) atoms. The van der Waals surface area contributed by atoms with Gasteiger partial charge in [-0.25, -0.2) is 0 Å². The lowest BCUT2D eigenvalue weighted by molar-refractivity contribution is -0.117. The molecule has 2 N–H and O–H groups in total. The summed E-state index contributed by atoms with van der Waals surface area (Å²) in [6.45, 7) is 6.37. The molecule has 1 aromatic heterocycles. The number of hydrogen-bond acceptors (Lipinski definition) is 3. The van der Waals surface area contributed by atoms with Gasteiger partial charge in [0.2, 0.25) is 5.91 Å². The summed E-state index contributed by atoms with van der Waals surface area (Å²) in [7, 11) is 0. The number of halogens is 1. The van der Waals surface area contributed by atoms with E-state index in [1.54, 1.807) is 24.3 Å². The number of amides is 1. The highest BCUT2D eigenvalue weighted by atomic mass is 79.9. The molecule has 5 heteroatoms. The normalized spacial score (nSPS) is 13.7. The third-order valence-corrected chi connectivity index (χ3v) is 4.23. The first kappa shape index (κ1) is 16.4. The largest absolute Gasteiger partial charge is 0.393 e. The first-order chi connectivity index (χ1) is 8.78. The molecule has 0 bridgehead atoms. The SMILES string of the molecule is CC(O)CC(C)(C)CNC(=O)C=Cc1cc(Br)cs1. The van der Waals surface area contributed by atoms with Gasteiger partial charge in [0.15, 0.2) is 0 Å². The molecule has 0 fully saturated rings. The molecule has 0 saturated carbocycles. The molecule has 0 saturated heterocycles. The smallest absolute Gasteiger partial charge is 0.244 e.